The molecule has 1 heterocycles. The van der Waals surface area contributed by atoms with Crippen molar-refractivity contribution in [2.45, 2.75) is 32.7 Å². The summed E-state index contributed by atoms with van der Waals surface area (Å²) < 4.78 is 11.2. The van der Waals surface area contributed by atoms with Gasteiger partial charge in [-0.2, -0.15) is 0 Å². The number of benzene rings is 1. The molecule has 1 aliphatic rings. The van der Waals surface area contributed by atoms with Crippen LogP contribution in [0.4, 0.5) is 0 Å². The van der Waals surface area contributed by atoms with E-state index in [1.807, 2.05) is 0 Å². The maximum Gasteiger partial charge on any atom is 0.130 e. The van der Waals surface area contributed by atoms with Gasteiger partial charge in [0.2, 0.25) is 0 Å². The molecule has 1 aliphatic heterocycles. The summed E-state index contributed by atoms with van der Waals surface area (Å²) in [5.74, 6) is 2.38. The van der Waals surface area contributed by atoms with Gasteiger partial charge < -0.3 is 14.4 Å². The summed E-state index contributed by atoms with van der Waals surface area (Å²) in [5, 5.41) is 0. The number of rotatable bonds is 3. The van der Waals surface area contributed by atoms with Gasteiger partial charge in [0.05, 0.1) is 14.2 Å². The summed E-state index contributed by atoms with van der Waals surface area (Å²) in [6.07, 6.45) is 1.07. The number of hydrogen-bond donors (Lipinski definition) is 0. The van der Waals surface area contributed by atoms with Crippen LogP contribution in [0.2, 0.25) is 0 Å². The van der Waals surface area contributed by atoms with Crippen LogP contribution in [0.1, 0.15) is 36.5 Å². The molecule has 3 nitrogen and oxygen atoms in total. The van der Waals surface area contributed by atoms with Crippen molar-refractivity contribution in [1.29, 1.82) is 0 Å². The molecule has 0 bridgehead atoms. The fraction of sp³-hybridized carbons (Fsp3) is 0.600. The van der Waals surface area contributed by atoms with Crippen LogP contribution in [0.5, 0.6) is 11.5 Å². The standard InChI is InChI=1S/C15H23NO2/c1-10(2)14-13(17-4)8-11-6-7-16(3)9-12(11)15(14)18-5/h8,10H,6-7,9H2,1-5H3. The third-order valence-corrected chi connectivity index (χ3v) is 3.67. The molecule has 1 aromatic rings. The van der Waals surface area contributed by atoms with Crippen molar-refractivity contribution >= 4 is 0 Å². The van der Waals surface area contributed by atoms with Crippen LogP contribution in [0.25, 0.3) is 0 Å². The number of ether oxygens (including phenoxy) is 2. The summed E-state index contributed by atoms with van der Waals surface area (Å²) >= 11 is 0. The number of hydrogen-bond acceptors (Lipinski definition) is 3. The summed E-state index contributed by atoms with van der Waals surface area (Å²) in [7, 11) is 5.65. The zero-order valence-corrected chi connectivity index (χ0v) is 12.0. The highest BCUT2D eigenvalue weighted by molar-refractivity contribution is 5.56. The Kier molecular flexibility index (Phi) is 3.81. The first-order valence-corrected chi connectivity index (χ1v) is 6.53. The van der Waals surface area contributed by atoms with Gasteiger partial charge in [-0.1, -0.05) is 13.8 Å². The first-order valence-electron chi connectivity index (χ1n) is 6.53. The summed E-state index contributed by atoms with van der Waals surface area (Å²) in [5.41, 5.74) is 3.89. The second kappa shape index (κ2) is 5.19. The molecule has 0 fully saturated rings. The highest BCUT2D eigenvalue weighted by atomic mass is 16.5. The molecule has 3 heteroatoms. The van der Waals surface area contributed by atoms with E-state index in [1.54, 1.807) is 14.2 Å². The van der Waals surface area contributed by atoms with E-state index in [-0.39, 0.29) is 0 Å². The predicted molar refractivity (Wildman–Crippen MR) is 73.7 cm³/mol. The van der Waals surface area contributed by atoms with Crippen LogP contribution in [-0.4, -0.2) is 32.7 Å². The SMILES string of the molecule is COc1cc2c(c(OC)c1C(C)C)CN(C)CC2. The third kappa shape index (κ3) is 2.19. The van der Waals surface area contributed by atoms with Crippen LogP contribution in [-0.2, 0) is 13.0 Å². The monoisotopic (exact) mass is 249 g/mol. The second-order valence-electron chi connectivity index (χ2n) is 5.31. The molecular formula is C15H23NO2. The van der Waals surface area contributed by atoms with Gasteiger partial charge in [-0.3, -0.25) is 0 Å². The van der Waals surface area contributed by atoms with E-state index in [0.717, 1.165) is 31.0 Å². The third-order valence-electron chi connectivity index (χ3n) is 3.67. The van der Waals surface area contributed by atoms with E-state index in [1.165, 1.54) is 16.7 Å². The normalized spacial score (nSPS) is 15.7. The van der Waals surface area contributed by atoms with Crippen LogP contribution in [0.3, 0.4) is 0 Å². The van der Waals surface area contributed by atoms with Gasteiger partial charge >= 0.3 is 0 Å². The lowest BCUT2D eigenvalue weighted by Crippen LogP contribution is -2.27. The van der Waals surface area contributed by atoms with E-state index >= 15 is 0 Å². The van der Waals surface area contributed by atoms with Gasteiger partial charge in [0.1, 0.15) is 11.5 Å². The Balaban J connectivity index is 2.62. The Morgan fingerprint density at radius 1 is 1.22 bits per heavy atom. The number of fused-ring (bicyclic) bond motifs is 1. The van der Waals surface area contributed by atoms with Crippen LogP contribution in [0, 0.1) is 0 Å². The molecule has 0 aliphatic carbocycles. The molecule has 0 spiro atoms. The molecule has 0 saturated heterocycles. The van der Waals surface area contributed by atoms with Crippen molar-refractivity contribution in [3.8, 4) is 11.5 Å². The van der Waals surface area contributed by atoms with E-state index in [2.05, 4.69) is 31.9 Å². The molecule has 1 aromatic carbocycles. The van der Waals surface area contributed by atoms with Crippen molar-refractivity contribution in [3.63, 3.8) is 0 Å². The highest BCUT2D eigenvalue weighted by Gasteiger charge is 2.24. The van der Waals surface area contributed by atoms with Gasteiger partial charge in [0, 0.05) is 24.2 Å². The molecule has 18 heavy (non-hydrogen) atoms. The molecule has 0 saturated carbocycles. The topological polar surface area (TPSA) is 21.7 Å². The molecule has 0 atom stereocenters. The van der Waals surface area contributed by atoms with Crippen LogP contribution >= 0.6 is 0 Å². The van der Waals surface area contributed by atoms with E-state index in [4.69, 9.17) is 9.47 Å². The minimum atomic E-state index is 0.396. The maximum absolute atomic E-state index is 5.69. The van der Waals surface area contributed by atoms with Gasteiger partial charge in [0.25, 0.3) is 0 Å². The van der Waals surface area contributed by atoms with Crippen LogP contribution in [0.15, 0.2) is 6.07 Å². The molecule has 0 N–H and O–H groups in total. The summed E-state index contributed by atoms with van der Waals surface area (Å²) in [6.45, 7) is 6.42. The van der Waals surface area contributed by atoms with Crippen molar-refractivity contribution in [2.75, 3.05) is 27.8 Å². The molecular weight excluding hydrogens is 226 g/mol. The number of nitrogens with zero attached hydrogens (tertiary/aromatic N) is 1. The predicted octanol–water partition coefficient (Wildman–Crippen LogP) is 2.82. The number of likely N-dealkylation sites (N-methyl/N-ethyl adjacent to an activating group) is 1. The van der Waals surface area contributed by atoms with E-state index in [0.29, 0.717) is 5.92 Å². The fourth-order valence-electron chi connectivity index (χ4n) is 2.75. The van der Waals surface area contributed by atoms with E-state index < -0.39 is 0 Å². The molecule has 0 aromatic heterocycles. The molecule has 0 amide bonds. The minimum absolute atomic E-state index is 0.396. The first-order chi connectivity index (χ1) is 8.58. The van der Waals surface area contributed by atoms with Crippen molar-refractivity contribution in [3.05, 3.63) is 22.8 Å². The molecule has 100 valence electrons. The number of methoxy groups -OCH3 is 2. The largest absolute Gasteiger partial charge is 0.496 e. The van der Waals surface area contributed by atoms with Crippen LogP contribution < -0.4 is 9.47 Å². The maximum atomic E-state index is 5.69. The molecule has 0 radical (unpaired) electrons. The Hall–Kier alpha value is -1.22. The average molecular weight is 249 g/mol. The van der Waals surface area contributed by atoms with Gasteiger partial charge in [0.15, 0.2) is 0 Å². The van der Waals surface area contributed by atoms with Crippen molar-refractivity contribution < 1.29 is 9.47 Å². The summed E-state index contributed by atoms with van der Waals surface area (Å²) in [6, 6.07) is 2.19. The van der Waals surface area contributed by atoms with Gasteiger partial charge in [-0.05, 0) is 31.0 Å². The Labute approximate surface area is 110 Å². The Morgan fingerprint density at radius 2 is 1.94 bits per heavy atom. The minimum Gasteiger partial charge on any atom is -0.496 e. The highest BCUT2D eigenvalue weighted by Crippen LogP contribution is 2.41. The molecule has 2 rings (SSSR count). The quantitative estimate of drug-likeness (QED) is 0.822. The first kappa shape index (κ1) is 13.2. The summed E-state index contributed by atoms with van der Waals surface area (Å²) in [4.78, 5) is 2.33. The van der Waals surface area contributed by atoms with Crippen molar-refractivity contribution in [2.24, 2.45) is 0 Å². The smallest absolute Gasteiger partial charge is 0.130 e. The second-order valence-corrected chi connectivity index (χ2v) is 5.31. The van der Waals surface area contributed by atoms with Gasteiger partial charge in [-0.25, -0.2) is 0 Å². The van der Waals surface area contributed by atoms with Crippen molar-refractivity contribution in [1.82, 2.24) is 4.90 Å². The van der Waals surface area contributed by atoms with Gasteiger partial charge in [-0.15, -0.1) is 0 Å². The zero-order valence-electron chi connectivity index (χ0n) is 12.0. The fourth-order valence-corrected chi connectivity index (χ4v) is 2.75. The lowest BCUT2D eigenvalue weighted by molar-refractivity contribution is 0.298. The zero-order chi connectivity index (χ0) is 13.3. The molecule has 0 unspecified atom stereocenters. The lowest BCUT2D eigenvalue weighted by atomic mass is 9.91. The van der Waals surface area contributed by atoms with E-state index in [9.17, 15) is 0 Å². The Bertz CT molecular complexity index is 441. The Morgan fingerprint density at radius 3 is 2.50 bits per heavy atom. The lowest BCUT2D eigenvalue weighted by Gasteiger charge is -2.29. The average Bonchev–Trinajstić information content (AvgIpc) is 2.36.